The summed E-state index contributed by atoms with van der Waals surface area (Å²) in [6, 6.07) is 12.2. The Morgan fingerprint density at radius 2 is 1.83 bits per heavy atom. The molecule has 0 saturated heterocycles. The van der Waals surface area contributed by atoms with Gasteiger partial charge in [-0.05, 0) is 56.2 Å². The number of carbonyl (C=O) groups is 1. The summed E-state index contributed by atoms with van der Waals surface area (Å²) in [7, 11) is -3.37. The summed E-state index contributed by atoms with van der Waals surface area (Å²) in [5.41, 5.74) is 3.53. The van der Waals surface area contributed by atoms with E-state index in [0.29, 0.717) is 11.3 Å². The highest BCUT2D eigenvalue weighted by molar-refractivity contribution is 7.92. The van der Waals surface area contributed by atoms with Crippen LogP contribution in [0.15, 0.2) is 42.5 Å². The third kappa shape index (κ3) is 4.56. The lowest BCUT2D eigenvalue weighted by Crippen LogP contribution is -2.16. The molecule has 0 aliphatic heterocycles. The van der Waals surface area contributed by atoms with Crippen molar-refractivity contribution in [3.05, 3.63) is 59.2 Å². The molecule has 0 spiro atoms. The van der Waals surface area contributed by atoms with Crippen molar-refractivity contribution >= 4 is 27.3 Å². The summed E-state index contributed by atoms with van der Waals surface area (Å²) in [6.45, 7) is 5.43. The Hall–Kier alpha value is -2.34. The molecule has 6 heteroatoms. The number of nitrogens with one attached hydrogen (secondary N) is 2. The lowest BCUT2D eigenvalue weighted by molar-refractivity contribution is 0.102. The van der Waals surface area contributed by atoms with E-state index >= 15 is 0 Å². The van der Waals surface area contributed by atoms with Crippen molar-refractivity contribution in [2.45, 2.75) is 20.8 Å². The molecule has 122 valence electrons. The Morgan fingerprint density at radius 1 is 1.09 bits per heavy atom. The highest BCUT2D eigenvalue weighted by atomic mass is 32.2. The van der Waals surface area contributed by atoms with E-state index in [2.05, 4.69) is 10.0 Å². The van der Waals surface area contributed by atoms with Gasteiger partial charge in [-0.15, -0.1) is 0 Å². The zero-order valence-corrected chi connectivity index (χ0v) is 14.2. The minimum Gasteiger partial charge on any atom is -0.322 e. The topological polar surface area (TPSA) is 75.3 Å². The van der Waals surface area contributed by atoms with Gasteiger partial charge in [-0.25, -0.2) is 8.42 Å². The first kappa shape index (κ1) is 17.0. The molecule has 0 unspecified atom stereocenters. The van der Waals surface area contributed by atoms with Gasteiger partial charge in [0.1, 0.15) is 0 Å². The summed E-state index contributed by atoms with van der Waals surface area (Å²) in [5, 5.41) is 2.86. The van der Waals surface area contributed by atoms with Crippen LogP contribution in [0.1, 0.15) is 28.4 Å². The molecular weight excluding hydrogens is 312 g/mol. The Morgan fingerprint density at radius 3 is 2.52 bits per heavy atom. The van der Waals surface area contributed by atoms with E-state index in [9.17, 15) is 13.2 Å². The minimum absolute atomic E-state index is 0.0219. The third-order valence-electron chi connectivity index (χ3n) is 3.42. The lowest BCUT2D eigenvalue weighted by atomic mass is 10.1. The number of benzene rings is 2. The van der Waals surface area contributed by atoms with Crippen molar-refractivity contribution in [1.82, 2.24) is 0 Å². The first-order valence-electron chi connectivity index (χ1n) is 7.30. The van der Waals surface area contributed by atoms with E-state index in [1.807, 2.05) is 32.0 Å². The predicted molar refractivity (Wildman–Crippen MR) is 93.4 cm³/mol. The molecule has 0 fully saturated rings. The van der Waals surface area contributed by atoms with Crippen LogP contribution in [-0.4, -0.2) is 20.1 Å². The van der Waals surface area contributed by atoms with E-state index in [1.54, 1.807) is 25.1 Å². The molecule has 2 N–H and O–H groups in total. The smallest absolute Gasteiger partial charge is 0.255 e. The van der Waals surface area contributed by atoms with Gasteiger partial charge in [0.25, 0.3) is 5.91 Å². The summed E-state index contributed by atoms with van der Waals surface area (Å²) in [4.78, 5) is 12.4. The fraction of sp³-hybridized carbons (Fsp3) is 0.235. The molecule has 0 bridgehead atoms. The largest absolute Gasteiger partial charge is 0.322 e. The fourth-order valence-corrected chi connectivity index (χ4v) is 2.67. The maximum atomic E-state index is 12.4. The van der Waals surface area contributed by atoms with Crippen LogP contribution in [0.3, 0.4) is 0 Å². The quantitative estimate of drug-likeness (QED) is 0.882. The summed E-state index contributed by atoms with van der Waals surface area (Å²) in [5.74, 6) is -0.303. The monoisotopic (exact) mass is 332 g/mol. The van der Waals surface area contributed by atoms with E-state index in [0.717, 1.165) is 16.8 Å². The number of amides is 1. The van der Waals surface area contributed by atoms with E-state index in [1.165, 1.54) is 6.07 Å². The van der Waals surface area contributed by atoms with Crippen molar-refractivity contribution in [2.75, 3.05) is 15.8 Å². The van der Waals surface area contributed by atoms with Gasteiger partial charge in [0.2, 0.25) is 10.0 Å². The molecule has 5 nitrogen and oxygen atoms in total. The Labute approximate surface area is 136 Å². The van der Waals surface area contributed by atoms with Crippen LogP contribution in [0.25, 0.3) is 0 Å². The van der Waals surface area contributed by atoms with Gasteiger partial charge in [-0.3, -0.25) is 9.52 Å². The SMILES string of the molecule is CCS(=O)(=O)Nc1cccc(C(=O)Nc2cc(C)ccc2C)c1. The molecule has 0 saturated carbocycles. The summed E-state index contributed by atoms with van der Waals surface area (Å²) >= 11 is 0. The van der Waals surface area contributed by atoms with Crippen molar-refractivity contribution in [1.29, 1.82) is 0 Å². The Kier molecular flexibility index (Phi) is 5.05. The highest BCUT2D eigenvalue weighted by Gasteiger charge is 2.11. The van der Waals surface area contributed by atoms with E-state index in [4.69, 9.17) is 0 Å². The molecule has 2 rings (SSSR count). The molecule has 2 aromatic carbocycles. The molecular formula is C17H20N2O3S. The van der Waals surface area contributed by atoms with Crippen LogP contribution in [0.2, 0.25) is 0 Å². The molecule has 0 aliphatic rings. The molecule has 23 heavy (non-hydrogen) atoms. The zero-order valence-electron chi connectivity index (χ0n) is 13.4. The number of hydrogen-bond donors (Lipinski definition) is 2. The predicted octanol–water partition coefficient (Wildman–Crippen LogP) is 3.32. The third-order valence-corrected chi connectivity index (χ3v) is 4.73. The van der Waals surface area contributed by atoms with Crippen molar-refractivity contribution in [2.24, 2.45) is 0 Å². The maximum Gasteiger partial charge on any atom is 0.255 e. The van der Waals surface area contributed by atoms with Crippen LogP contribution in [0, 0.1) is 13.8 Å². The molecule has 0 radical (unpaired) electrons. The Balaban J connectivity index is 2.21. The van der Waals surface area contributed by atoms with Gasteiger partial charge < -0.3 is 5.32 Å². The van der Waals surface area contributed by atoms with Crippen LogP contribution in [-0.2, 0) is 10.0 Å². The summed E-state index contributed by atoms with van der Waals surface area (Å²) < 4.78 is 25.7. The molecule has 0 aromatic heterocycles. The minimum atomic E-state index is -3.37. The Bertz CT molecular complexity index is 829. The average molecular weight is 332 g/mol. The van der Waals surface area contributed by atoms with Crippen molar-refractivity contribution in [3.8, 4) is 0 Å². The first-order valence-corrected chi connectivity index (χ1v) is 8.95. The number of rotatable bonds is 5. The second-order valence-electron chi connectivity index (χ2n) is 5.36. The van der Waals surface area contributed by atoms with Gasteiger partial charge >= 0.3 is 0 Å². The highest BCUT2D eigenvalue weighted by Crippen LogP contribution is 2.19. The van der Waals surface area contributed by atoms with Crippen LogP contribution in [0.5, 0.6) is 0 Å². The van der Waals surface area contributed by atoms with E-state index in [-0.39, 0.29) is 11.7 Å². The molecule has 2 aromatic rings. The van der Waals surface area contributed by atoms with Crippen LogP contribution < -0.4 is 10.0 Å². The van der Waals surface area contributed by atoms with Crippen LogP contribution >= 0.6 is 0 Å². The molecule has 1 amide bonds. The lowest BCUT2D eigenvalue weighted by Gasteiger charge is -2.11. The first-order chi connectivity index (χ1) is 10.8. The second-order valence-corrected chi connectivity index (χ2v) is 7.37. The van der Waals surface area contributed by atoms with E-state index < -0.39 is 10.0 Å². The summed E-state index contributed by atoms with van der Waals surface area (Å²) in [6.07, 6.45) is 0. The average Bonchev–Trinajstić information content (AvgIpc) is 2.51. The fourth-order valence-electron chi connectivity index (χ4n) is 2.04. The maximum absolute atomic E-state index is 12.4. The number of sulfonamides is 1. The number of aryl methyl sites for hydroxylation is 2. The van der Waals surface area contributed by atoms with Crippen molar-refractivity contribution < 1.29 is 13.2 Å². The van der Waals surface area contributed by atoms with Crippen LogP contribution in [0.4, 0.5) is 11.4 Å². The van der Waals surface area contributed by atoms with Gasteiger partial charge in [0, 0.05) is 16.9 Å². The zero-order chi connectivity index (χ0) is 17.0. The van der Waals surface area contributed by atoms with Gasteiger partial charge in [-0.1, -0.05) is 18.2 Å². The second kappa shape index (κ2) is 6.83. The van der Waals surface area contributed by atoms with Crippen molar-refractivity contribution in [3.63, 3.8) is 0 Å². The molecule has 0 heterocycles. The standard InChI is InChI=1S/C17H20N2O3S/c1-4-23(21,22)19-15-7-5-6-14(11-15)17(20)18-16-10-12(2)8-9-13(16)3/h5-11,19H,4H2,1-3H3,(H,18,20). The molecule has 0 atom stereocenters. The van der Waals surface area contributed by atoms with Gasteiger partial charge in [-0.2, -0.15) is 0 Å². The van der Waals surface area contributed by atoms with Gasteiger partial charge in [0.15, 0.2) is 0 Å². The number of carbonyl (C=O) groups excluding carboxylic acids is 1. The molecule has 0 aliphatic carbocycles. The number of anilines is 2. The normalized spacial score (nSPS) is 11.1. The van der Waals surface area contributed by atoms with Gasteiger partial charge in [0.05, 0.1) is 5.75 Å². The number of hydrogen-bond acceptors (Lipinski definition) is 3.